The smallest absolute Gasteiger partial charge is 0.255 e. The first kappa shape index (κ1) is 11.9. The zero-order chi connectivity index (χ0) is 13.2. The molecular formula is C15H12N2OS. The molecule has 0 aliphatic heterocycles. The van der Waals surface area contributed by atoms with Crippen molar-refractivity contribution in [2.75, 3.05) is 5.32 Å². The van der Waals surface area contributed by atoms with E-state index in [4.69, 9.17) is 0 Å². The summed E-state index contributed by atoms with van der Waals surface area (Å²) in [5, 5.41) is 2.89. The van der Waals surface area contributed by atoms with Gasteiger partial charge in [0, 0.05) is 11.3 Å². The van der Waals surface area contributed by atoms with Crippen LogP contribution < -0.4 is 5.32 Å². The molecule has 19 heavy (non-hydrogen) atoms. The van der Waals surface area contributed by atoms with Gasteiger partial charge < -0.3 is 5.32 Å². The highest BCUT2D eigenvalue weighted by atomic mass is 32.1. The summed E-state index contributed by atoms with van der Waals surface area (Å²) in [5.74, 6) is -0.102. The van der Waals surface area contributed by atoms with Crippen molar-refractivity contribution in [3.05, 3.63) is 59.1 Å². The summed E-state index contributed by atoms with van der Waals surface area (Å²) in [4.78, 5) is 16.3. The third kappa shape index (κ3) is 2.48. The van der Waals surface area contributed by atoms with Gasteiger partial charge in [-0.05, 0) is 37.3 Å². The molecule has 2 aromatic carbocycles. The topological polar surface area (TPSA) is 42.0 Å². The van der Waals surface area contributed by atoms with Crippen molar-refractivity contribution >= 4 is 33.1 Å². The summed E-state index contributed by atoms with van der Waals surface area (Å²) in [6, 6.07) is 13.3. The van der Waals surface area contributed by atoms with Crippen LogP contribution in [0.1, 0.15) is 15.9 Å². The molecule has 3 nitrogen and oxygen atoms in total. The number of aromatic nitrogens is 1. The Balaban J connectivity index is 1.83. The minimum Gasteiger partial charge on any atom is -0.322 e. The van der Waals surface area contributed by atoms with Crippen LogP contribution in [-0.4, -0.2) is 10.9 Å². The number of thiazole rings is 1. The van der Waals surface area contributed by atoms with Crippen LogP contribution in [0.3, 0.4) is 0 Å². The number of anilines is 1. The molecule has 0 spiro atoms. The zero-order valence-electron chi connectivity index (χ0n) is 10.4. The van der Waals surface area contributed by atoms with Crippen molar-refractivity contribution in [2.24, 2.45) is 0 Å². The lowest BCUT2D eigenvalue weighted by Crippen LogP contribution is -2.11. The summed E-state index contributed by atoms with van der Waals surface area (Å²) in [6.45, 7) is 2.00. The highest BCUT2D eigenvalue weighted by molar-refractivity contribution is 7.16. The molecule has 0 aliphatic rings. The van der Waals surface area contributed by atoms with Crippen LogP contribution in [0.5, 0.6) is 0 Å². The number of nitrogens with one attached hydrogen (secondary N) is 1. The average Bonchev–Trinajstić information content (AvgIpc) is 2.87. The minimum atomic E-state index is -0.102. The summed E-state index contributed by atoms with van der Waals surface area (Å²) < 4.78 is 1.12. The lowest BCUT2D eigenvalue weighted by atomic mass is 10.1. The van der Waals surface area contributed by atoms with Crippen molar-refractivity contribution in [1.29, 1.82) is 0 Å². The Labute approximate surface area is 114 Å². The highest BCUT2D eigenvalue weighted by Gasteiger charge is 2.06. The van der Waals surface area contributed by atoms with Crippen molar-refractivity contribution in [3.8, 4) is 0 Å². The molecule has 0 atom stereocenters. The second-order valence-electron chi connectivity index (χ2n) is 4.36. The monoisotopic (exact) mass is 268 g/mol. The van der Waals surface area contributed by atoms with Crippen LogP contribution in [-0.2, 0) is 0 Å². The van der Waals surface area contributed by atoms with E-state index < -0.39 is 0 Å². The van der Waals surface area contributed by atoms with Gasteiger partial charge in [0.15, 0.2) is 0 Å². The Kier molecular flexibility index (Phi) is 3.01. The molecule has 3 aromatic rings. The SMILES string of the molecule is Cc1ccc(C(=O)Nc2ccc3scnc3c2)cc1. The van der Waals surface area contributed by atoms with Crippen LogP contribution >= 0.6 is 11.3 Å². The van der Waals surface area contributed by atoms with E-state index in [1.54, 1.807) is 16.8 Å². The maximum Gasteiger partial charge on any atom is 0.255 e. The molecule has 0 aliphatic carbocycles. The molecule has 0 radical (unpaired) electrons. The standard InChI is InChI=1S/C15H12N2OS/c1-10-2-4-11(5-3-10)15(18)17-12-6-7-14-13(8-12)16-9-19-14/h2-9H,1H3,(H,17,18). The summed E-state index contributed by atoms with van der Waals surface area (Å²) in [6.07, 6.45) is 0. The van der Waals surface area contributed by atoms with E-state index in [0.29, 0.717) is 5.56 Å². The molecule has 4 heteroatoms. The summed E-state index contributed by atoms with van der Waals surface area (Å²) >= 11 is 1.59. The molecule has 3 rings (SSSR count). The number of benzene rings is 2. The molecule has 1 N–H and O–H groups in total. The van der Waals surface area contributed by atoms with Gasteiger partial charge in [-0.3, -0.25) is 4.79 Å². The van der Waals surface area contributed by atoms with Crippen LogP contribution in [0, 0.1) is 6.92 Å². The molecule has 0 bridgehead atoms. The number of rotatable bonds is 2. The normalized spacial score (nSPS) is 10.6. The van der Waals surface area contributed by atoms with E-state index in [-0.39, 0.29) is 5.91 Å². The Morgan fingerprint density at radius 3 is 2.74 bits per heavy atom. The van der Waals surface area contributed by atoms with Gasteiger partial charge in [0.2, 0.25) is 0 Å². The largest absolute Gasteiger partial charge is 0.322 e. The van der Waals surface area contributed by atoms with Gasteiger partial charge in [0.25, 0.3) is 5.91 Å². The number of carbonyl (C=O) groups excluding carboxylic acids is 1. The quantitative estimate of drug-likeness (QED) is 0.767. The molecule has 1 aromatic heterocycles. The Hall–Kier alpha value is -2.20. The van der Waals surface area contributed by atoms with Gasteiger partial charge in [-0.2, -0.15) is 0 Å². The fraction of sp³-hybridized carbons (Fsp3) is 0.0667. The number of carbonyl (C=O) groups is 1. The van der Waals surface area contributed by atoms with Gasteiger partial charge in [-0.15, -0.1) is 11.3 Å². The van der Waals surface area contributed by atoms with Crippen molar-refractivity contribution in [1.82, 2.24) is 4.98 Å². The van der Waals surface area contributed by atoms with Crippen LogP contribution in [0.25, 0.3) is 10.2 Å². The van der Waals surface area contributed by atoms with Gasteiger partial charge in [0.1, 0.15) is 0 Å². The Morgan fingerprint density at radius 2 is 1.95 bits per heavy atom. The summed E-state index contributed by atoms with van der Waals surface area (Å²) in [5.41, 5.74) is 5.27. The molecule has 1 amide bonds. The molecule has 0 fully saturated rings. The number of hydrogen-bond acceptors (Lipinski definition) is 3. The molecular weight excluding hydrogens is 256 g/mol. The van der Waals surface area contributed by atoms with E-state index in [1.165, 1.54) is 0 Å². The first-order valence-electron chi connectivity index (χ1n) is 5.94. The predicted octanol–water partition coefficient (Wildman–Crippen LogP) is 3.86. The molecule has 0 saturated heterocycles. The Morgan fingerprint density at radius 1 is 1.16 bits per heavy atom. The zero-order valence-corrected chi connectivity index (χ0v) is 11.2. The number of hydrogen-bond donors (Lipinski definition) is 1. The van der Waals surface area contributed by atoms with E-state index in [9.17, 15) is 4.79 Å². The van der Waals surface area contributed by atoms with E-state index >= 15 is 0 Å². The molecule has 0 saturated carbocycles. The maximum atomic E-state index is 12.1. The predicted molar refractivity (Wildman–Crippen MR) is 78.8 cm³/mol. The first-order valence-corrected chi connectivity index (χ1v) is 6.81. The van der Waals surface area contributed by atoms with Gasteiger partial charge in [0.05, 0.1) is 15.7 Å². The highest BCUT2D eigenvalue weighted by Crippen LogP contribution is 2.21. The van der Waals surface area contributed by atoms with E-state index in [0.717, 1.165) is 21.5 Å². The third-order valence-electron chi connectivity index (χ3n) is 2.90. The van der Waals surface area contributed by atoms with Gasteiger partial charge in [-0.25, -0.2) is 4.98 Å². The van der Waals surface area contributed by atoms with Crippen molar-refractivity contribution in [2.45, 2.75) is 6.92 Å². The number of aryl methyl sites for hydroxylation is 1. The van der Waals surface area contributed by atoms with Crippen LogP contribution in [0.4, 0.5) is 5.69 Å². The molecule has 0 unspecified atom stereocenters. The average molecular weight is 268 g/mol. The number of amides is 1. The lowest BCUT2D eigenvalue weighted by molar-refractivity contribution is 0.102. The fourth-order valence-corrected chi connectivity index (χ4v) is 2.50. The number of fused-ring (bicyclic) bond motifs is 1. The maximum absolute atomic E-state index is 12.1. The molecule has 1 heterocycles. The second kappa shape index (κ2) is 4.82. The second-order valence-corrected chi connectivity index (χ2v) is 5.24. The van der Waals surface area contributed by atoms with Crippen molar-refractivity contribution < 1.29 is 4.79 Å². The fourth-order valence-electron chi connectivity index (χ4n) is 1.84. The van der Waals surface area contributed by atoms with Crippen LogP contribution in [0.2, 0.25) is 0 Å². The molecule has 94 valence electrons. The minimum absolute atomic E-state index is 0.102. The van der Waals surface area contributed by atoms with E-state index in [2.05, 4.69) is 10.3 Å². The van der Waals surface area contributed by atoms with Crippen molar-refractivity contribution in [3.63, 3.8) is 0 Å². The lowest BCUT2D eigenvalue weighted by Gasteiger charge is -2.05. The Bertz CT molecular complexity index is 731. The van der Waals surface area contributed by atoms with E-state index in [1.807, 2.05) is 49.4 Å². The number of nitrogens with zero attached hydrogens (tertiary/aromatic N) is 1. The van der Waals surface area contributed by atoms with Gasteiger partial charge >= 0.3 is 0 Å². The summed E-state index contributed by atoms with van der Waals surface area (Å²) in [7, 11) is 0. The first-order chi connectivity index (χ1) is 9.22. The third-order valence-corrected chi connectivity index (χ3v) is 3.71. The van der Waals surface area contributed by atoms with Crippen LogP contribution in [0.15, 0.2) is 48.0 Å². The van der Waals surface area contributed by atoms with Gasteiger partial charge in [-0.1, -0.05) is 17.7 Å².